The predicted octanol–water partition coefficient (Wildman–Crippen LogP) is 2.70. The molecule has 0 spiro atoms. The number of fused-ring (bicyclic) bond motifs is 1. The van der Waals surface area contributed by atoms with E-state index in [1.165, 1.54) is 32.1 Å². The molecule has 0 unspecified atom stereocenters. The van der Waals surface area contributed by atoms with Crippen molar-refractivity contribution in [2.24, 2.45) is 0 Å². The van der Waals surface area contributed by atoms with Gasteiger partial charge in [-0.15, -0.1) is 0 Å². The molecule has 2 aliphatic rings. The van der Waals surface area contributed by atoms with Crippen LogP contribution in [-0.4, -0.2) is 29.3 Å². The fourth-order valence-corrected chi connectivity index (χ4v) is 3.90. The summed E-state index contributed by atoms with van der Waals surface area (Å²) in [7, 11) is 1.81. The molecule has 4 nitrogen and oxygen atoms in total. The Morgan fingerprint density at radius 3 is 2.57 bits per heavy atom. The Kier molecular flexibility index (Phi) is 4.36. The normalized spacial score (nSPS) is 26.4. The molecule has 116 valence electrons. The number of benzene rings is 1. The Morgan fingerprint density at radius 1 is 1.10 bits per heavy atom. The highest BCUT2D eigenvalue weighted by Crippen LogP contribution is 2.39. The van der Waals surface area contributed by atoms with Crippen LogP contribution in [0, 0.1) is 0 Å². The van der Waals surface area contributed by atoms with Crippen LogP contribution in [0.5, 0.6) is 5.75 Å². The van der Waals surface area contributed by atoms with Crippen molar-refractivity contribution in [1.82, 2.24) is 5.32 Å². The zero-order valence-electron chi connectivity index (χ0n) is 12.7. The van der Waals surface area contributed by atoms with Crippen molar-refractivity contribution < 1.29 is 10.2 Å². The van der Waals surface area contributed by atoms with Gasteiger partial charge in [0.05, 0.1) is 11.8 Å². The summed E-state index contributed by atoms with van der Waals surface area (Å²) in [5.41, 5.74) is 2.78. The van der Waals surface area contributed by atoms with Gasteiger partial charge in [0, 0.05) is 19.1 Å². The molecule has 2 atom stereocenters. The maximum Gasteiger partial charge on any atom is 0.138 e. The van der Waals surface area contributed by atoms with Crippen molar-refractivity contribution >= 4 is 5.69 Å². The third-order valence-corrected chi connectivity index (χ3v) is 5.04. The molecule has 0 aliphatic heterocycles. The van der Waals surface area contributed by atoms with Gasteiger partial charge in [0.15, 0.2) is 0 Å². The molecule has 0 aromatic heterocycles. The first-order valence-electron chi connectivity index (χ1n) is 8.17. The van der Waals surface area contributed by atoms with Crippen molar-refractivity contribution in [3.05, 3.63) is 23.3 Å². The fraction of sp³-hybridized carbons (Fsp3) is 0.647. The molecular formula is C17H26N2O2. The van der Waals surface area contributed by atoms with Gasteiger partial charge in [0.1, 0.15) is 5.75 Å². The highest BCUT2D eigenvalue weighted by Gasteiger charge is 2.31. The largest absolute Gasteiger partial charge is 0.506 e. The average Bonchev–Trinajstić information content (AvgIpc) is 2.51. The summed E-state index contributed by atoms with van der Waals surface area (Å²) >= 11 is 0. The molecule has 4 N–H and O–H groups in total. The molecule has 0 amide bonds. The van der Waals surface area contributed by atoms with E-state index in [-0.39, 0.29) is 11.8 Å². The lowest BCUT2D eigenvalue weighted by Crippen LogP contribution is -2.45. The van der Waals surface area contributed by atoms with Crippen LogP contribution in [0.15, 0.2) is 12.1 Å². The van der Waals surface area contributed by atoms with Gasteiger partial charge in [-0.2, -0.15) is 0 Å². The molecule has 0 saturated heterocycles. The van der Waals surface area contributed by atoms with E-state index < -0.39 is 6.10 Å². The third kappa shape index (κ3) is 2.87. The fourth-order valence-electron chi connectivity index (χ4n) is 3.90. The lowest BCUT2D eigenvalue weighted by Gasteiger charge is -2.36. The topological polar surface area (TPSA) is 64.5 Å². The molecule has 1 saturated carbocycles. The van der Waals surface area contributed by atoms with Crippen LogP contribution in [0.25, 0.3) is 0 Å². The number of aliphatic hydroxyl groups is 1. The standard InChI is InChI=1S/C17H26N2O2/c1-18-16-12-7-9-14(19-11-5-3-2-4-6-11)17(21)13(12)8-10-15(16)20/h8,10-11,14,17-21H,2-7,9H2,1H3/t14-,17-/m1/s1. The monoisotopic (exact) mass is 290 g/mol. The Balaban J connectivity index is 1.77. The first-order chi connectivity index (χ1) is 10.2. The van der Waals surface area contributed by atoms with Crippen LogP contribution in [0.3, 0.4) is 0 Å². The van der Waals surface area contributed by atoms with Crippen LogP contribution < -0.4 is 10.6 Å². The van der Waals surface area contributed by atoms with Crippen molar-refractivity contribution in [1.29, 1.82) is 0 Å². The zero-order chi connectivity index (χ0) is 14.8. The molecule has 0 bridgehead atoms. The second kappa shape index (κ2) is 6.24. The minimum atomic E-state index is -0.483. The lowest BCUT2D eigenvalue weighted by atomic mass is 9.83. The van der Waals surface area contributed by atoms with E-state index in [4.69, 9.17) is 0 Å². The van der Waals surface area contributed by atoms with E-state index in [1.807, 2.05) is 13.1 Å². The number of anilines is 1. The molecule has 0 heterocycles. The summed E-state index contributed by atoms with van der Waals surface area (Å²) in [6.07, 6.45) is 7.73. The highest BCUT2D eigenvalue weighted by atomic mass is 16.3. The Bertz CT molecular complexity index is 498. The number of nitrogens with one attached hydrogen (secondary N) is 2. The third-order valence-electron chi connectivity index (χ3n) is 5.04. The van der Waals surface area contributed by atoms with Crippen LogP contribution in [0.4, 0.5) is 5.69 Å². The molecule has 0 radical (unpaired) electrons. The van der Waals surface area contributed by atoms with Gasteiger partial charge in [0.2, 0.25) is 0 Å². The summed E-state index contributed by atoms with van der Waals surface area (Å²) in [6, 6.07) is 4.23. The van der Waals surface area contributed by atoms with Gasteiger partial charge in [-0.3, -0.25) is 0 Å². The molecule has 3 rings (SSSR count). The van der Waals surface area contributed by atoms with E-state index in [1.54, 1.807) is 6.07 Å². The number of hydrogen-bond donors (Lipinski definition) is 4. The number of hydrogen-bond acceptors (Lipinski definition) is 4. The smallest absolute Gasteiger partial charge is 0.138 e. The summed E-state index contributed by atoms with van der Waals surface area (Å²) in [4.78, 5) is 0. The van der Waals surface area contributed by atoms with E-state index in [0.717, 1.165) is 29.7 Å². The van der Waals surface area contributed by atoms with Gasteiger partial charge in [-0.05, 0) is 42.9 Å². The molecule has 1 aromatic carbocycles. The minimum absolute atomic E-state index is 0.134. The van der Waals surface area contributed by atoms with E-state index >= 15 is 0 Å². The van der Waals surface area contributed by atoms with Gasteiger partial charge >= 0.3 is 0 Å². The Morgan fingerprint density at radius 2 is 1.86 bits per heavy atom. The van der Waals surface area contributed by atoms with E-state index in [0.29, 0.717) is 6.04 Å². The zero-order valence-corrected chi connectivity index (χ0v) is 12.7. The summed E-state index contributed by atoms with van der Waals surface area (Å²) in [5.74, 6) is 0.266. The maximum absolute atomic E-state index is 10.7. The summed E-state index contributed by atoms with van der Waals surface area (Å²) in [6.45, 7) is 0. The quantitative estimate of drug-likeness (QED) is 0.646. The second-order valence-corrected chi connectivity index (χ2v) is 6.37. The van der Waals surface area contributed by atoms with E-state index in [2.05, 4.69) is 10.6 Å². The first-order valence-corrected chi connectivity index (χ1v) is 8.17. The molecule has 1 aromatic rings. The van der Waals surface area contributed by atoms with Crippen molar-refractivity contribution in [3.8, 4) is 5.75 Å². The number of aliphatic hydroxyl groups excluding tert-OH is 1. The second-order valence-electron chi connectivity index (χ2n) is 6.37. The van der Waals surface area contributed by atoms with E-state index in [9.17, 15) is 10.2 Å². The van der Waals surface area contributed by atoms with Crippen LogP contribution in [0.2, 0.25) is 0 Å². The van der Waals surface area contributed by atoms with Crippen LogP contribution in [-0.2, 0) is 6.42 Å². The van der Waals surface area contributed by atoms with Crippen LogP contribution in [0.1, 0.15) is 55.8 Å². The molecule has 4 heteroatoms. The van der Waals surface area contributed by atoms with Gasteiger partial charge in [-0.1, -0.05) is 25.3 Å². The molecular weight excluding hydrogens is 264 g/mol. The van der Waals surface area contributed by atoms with Gasteiger partial charge < -0.3 is 20.8 Å². The van der Waals surface area contributed by atoms with Crippen molar-refractivity contribution in [2.45, 2.75) is 63.1 Å². The Labute approximate surface area is 126 Å². The van der Waals surface area contributed by atoms with Gasteiger partial charge in [0.25, 0.3) is 0 Å². The summed E-state index contributed by atoms with van der Waals surface area (Å²) < 4.78 is 0. The van der Waals surface area contributed by atoms with Crippen LogP contribution >= 0.6 is 0 Å². The molecule has 1 fully saturated rings. The predicted molar refractivity (Wildman–Crippen MR) is 84.7 cm³/mol. The average molecular weight is 290 g/mol. The van der Waals surface area contributed by atoms with Gasteiger partial charge in [-0.25, -0.2) is 0 Å². The number of phenolic OH excluding ortho intramolecular Hbond substituents is 1. The number of rotatable bonds is 3. The Hall–Kier alpha value is -1.26. The van der Waals surface area contributed by atoms with Crippen molar-refractivity contribution in [3.63, 3.8) is 0 Å². The SMILES string of the molecule is CNc1c(O)ccc2c1CC[C@@H](NC1CCCCC1)[C@@H]2O. The summed E-state index contributed by atoms with van der Waals surface area (Å²) in [5, 5.41) is 27.3. The number of phenols is 1. The maximum atomic E-state index is 10.7. The van der Waals surface area contributed by atoms with Crippen molar-refractivity contribution in [2.75, 3.05) is 12.4 Å². The highest BCUT2D eigenvalue weighted by molar-refractivity contribution is 5.64. The molecule has 21 heavy (non-hydrogen) atoms. The lowest BCUT2D eigenvalue weighted by molar-refractivity contribution is 0.104. The first kappa shape index (κ1) is 14.7. The minimum Gasteiger partial charge on any atom is -0.506 e. The molecule has 2 aliphatic carbocycles. The number of aromatic hydroxyl groups is 1.